The molecule has 0 bridgehead atoms. The van der Waals surface area contributed by atoms with E-state index >= 15 is 0 Å². The Hall–Kier alpha value is -1.88. The first-order chi connectivity index (χ1) is 8.91. The molecule has 2 amide bonds. The van der Waals surface area contributed by atoms with Crippen molar-refractivity contribution >= 4 is 17.5 Å². The molecule has 0 radical (unpaired) electrons. The molecular formula is C14H19N3O2. The minimum Gasteiger partial charge on any atom is -0.399 e. The first-order valence-corrected chi connectivity index (χ1v) is 6.37. The Bertz CT molecular complexity index is 525. The van der Waals surface area contributed by atoms with Gasteiger partial charge in [-0.3, -0.25) is 14.5 Å². The van der Waals surface area contributed by atoms with Crippen molar-refractivity contribution in [2.24, 2.45) is 0 Å². The van der Waals surface area contributed by atoms with Crippen molar-refractivity contribution in [3.8, 4) is 0 Å². The number of nitrogen functional groups attached to an aromatic ring is 1. The third-order valence-corrected chi connectivity index (χ3v) is 3.55. The number of hydrogen-bond donors (Lipinski definition) is 1. The number of likely N-dealkylation sites (N-methyl/N-ethyl adjacent to an activating group) is 1. The van der Waals surface area contributed by atoms with Crippen molar-refractivity contribution < 1.29 is 9.59 Å². The van der Waals surface area contributed by atoms with Gasteiger partial charge in [-0.05, 0) is 39.1 Å². The number of hydrogen-bond acceptors (Lipinski definition) is 4. The van der Waals surface area contributed by atoms with Gasteiger partial charge in [0, 0.05) is 24.8 Å². The molecule has 1 aromatic rings. The summed E-state index contributed by atoms with van der Waals surface area (Å²) in [6.07, 6.45) is 0. The minimum atomic E-state index is -0.246. The number of amides is 2. The number of nitrogens with two attached hydrogens (primary N) is 1. The van der Waals surface area contributed by atoms with E-state index in [1.165, 1.54) is 4.90 Å². The second-order valence-corrected chi connectivity index (χ2v) is 5.14. The summed E-state index contributed by atoms with van der Waals surface area (Å²) in [4.78, 5) is 27.7. The standard InChI is InChI=1S/C14H19N3O2/c1-9(2)16(3)6-7-17-13(18)11-5-4-10(15)8-12(11)14(17)19/h4-5,8-9H,6-7,15H2,1-3H3. The lowest BCUT2D eigenvalue weighted by Gasteiger charge is -2.23. The third kappa shape index (κ3) is 2.46. The predicted molar refractivity (Wildman–Crippen MR) is 74.0 cm³/mol. The lowest BCUT2D eigenvalue weighted by atomic mass is 10.1. The summed E-state index contributed by atoms with van der Waals surface area (Å²) in [5.41, 5.74) is 7.02. The van der Waals surface area contributed by atoms with Crippen molar-refractivity contribution in [1.82, 2.24) is 9.80 Å². The van der Waals surface area contributed by atoms with Crippen LogP contribution in [0.4, 0.5) is 5.69 Å². The van der Waals surface area contributed by atoms with Gasteiger partial charge < -0.3 is 10.6 Å². The molecule has 0 unspecified atom stereocenters. The van der Waals surface area contributed by atoms with Crippen LogP contribution in [-0.4, -0.2) is 47.8 Å². The van der Waals surface area contributed by atoms with Gasteiger partial charge in [0.15, 0.2) is 0 Å². The number of benzene rings is 1. The van der Waals surface area contributed by atoms with E-state index in [0.29, 0.717) is 35.9 Å². The van der Waals surface area contributed by atoms with E-state index in [2.05, 4.69) is 18.7 Å². The van der Waals surface area contributed by atoms with Gasteiger partial charge in [-0.1, -0.05) is 0 Å². The third-order valence-electron chi connectivity index (χ3n) is 3.55. The normalized spacial score (nSPS) is 14.7. The maximum absolute atomic E-state index is 12.2. The van der Waals surface area contributed by atoms with Crippen LogP contribution in [-0.2, 0) is 0 Å². The summed E-state index contributed by atoms with van der Waals surface area (Å²) < 4.78 is 0. The van der Waals surface area contributed by atoms with Crippen LogP contribution in [0.25, 0.3) is 0 Å². The van der Waals surface area contributed by atoms with E-state index in [-0.39, 0.29) is 11.8 Å². The fraction of sp³-hybridized carbons (Fsp3) is 0.429. The van der Waals surface area contributed by atoms with Gasteiger partial charge >= 0.3 is 0 Å². The lowest BCUT2D eigenvalue weighted by molar-refractivity contribution is 0.0635. The average Bonchev–Trinajstić information content (AvgIpc) is 2.59. The van der Waals surface area contributed by atoms with Gasteiger partial charge in [-0.2, -0.15) is 0 Å². The van der Waals surface area contributed by atoms with E-state index in [1.807, 2.05) is 7.05 Å². The van der Waals surface area contributed by atoms with Gasteiger partial charge in [0.25, 0.3) is 11.8 Å². The van der Waals surface area contributed by atoms with Crippen molar-refractivity contribution in [3.63, 3.8) is 0 Å². The molecule has 0 aromatic heterocycles. The molecule has 1 aliphatic heterocycles. The van der Waals surface area contributed by atoms with E-state index in [9.17, 15) is 9.59 Å². The highest BCUT2D eigenvalue weighted by Gasteiger charge is 2.35. The predicted octanol–water partition coefficient (Wildman–Crippen LogP) is 1.20. The molecule has 2 rings (SSSR count). The van der Waals surface area contributed by atoms with Gasteiger partial charge in [-0.15, -0.1) is 0 Å². The number of rotatable bonds is 4. The second kappa shape index (κ2) is 5.01. The van der Waals surface area contributed by atoms with Crippen LogP contribution in [0.15, 0.2) is 18.2 Å². The maximum Gasteiger partial charge on any atom is 0.261 e. The summed E-state index contributed by atoms with van der Waals surface area (Å²) >= 11 is 0. The number of carbonyl (C=O) groups is 2. The molecule has 0 aliphatic carbocycles. The molecule has 5 nitrogen and oxygen atoms in total. The largest absolute Gasteiger partial charge is 0.399 e. The fourth-order valence-corrected chi connectivity index (χ4v) is 2.03. The molecule has 19 heavy (non-hydrogen) atoms. The Morgan fingerprint density at radius 1 is 1.21 bits per heavy atom. The topological polar surface area (TPSA) is 66.6 Å². The van der Waals surface area contributed by atoms with Gasteiger partial charge in [0.2, 0.25) is 0 Å². The molecule has 1 aromatic carbocycles. The fourth-order valence-electron chi connectivity index (χ4n) is 2.03. The van der Waals surface area contributed by atoms with Crippen LogP contribution in [0, 0.1) is 0 Å². The van der Waals surface area contributed by atoms with E-state index < -0.39 is 0 Å². The van der Waals surface area contributed by atoms with Crippen LogP contribution >= 0.6 is 0 Å². The number of nitrogens with zero attached hydrogens (tertiary/aromatic N) is 2. The molecule has 2 N–H and O–H groups in total. The molecule has 102 valence electrons. The molecule has 0 saturated heterocycles. The average molecular weight is 261 g/mol. The summed E-state index contributed by atoms with van der Waals surface area (Å²) in [6, 6.07) is 5.22. The van der Waals surface area contributed by atoms with Crippen molar-refractivity contribution in [3.05, 3.63) is 29.3 Å². The first kappa shape index (κ1) is 13.5. The van der Waals surface area contributed by atoms with Crippen LogP contribution in [0.2, 0.25) is 0 Å². The molecule has 1 aliphatic rings. The highest BCUT2D eigenvalue weighted by molar-refractivity contribution is 6.21. The Balaban J connectivity index is 2.14. The summed E-state index contributed by atoms with van der Waals surface area (Å²) in [7, 11) is 1.97. The lowest BCUT2D eigenvalue weighted by Crippen LogP contribution is -2.39. The van der Waals surface area contributed by atoms with Gasteiger partial charge in [-0.25, -0.2) is 0 Å². The van der Waals surface area contributed by atoms with Crippen LogP contribution in [0.5, 0.6) is 0 Å². The quantitative estimate of drug-likeness (QED) is 0.653. The van der Waals surface area contributed by atoms with Gasteiger partial charge in [0.1, 0.15) is 0 Å². The molecule has 5 heteroatoms. The highest BCUT2D eigenvalue weighted by atomic mass is 16.2. The number of fused-ring (bicyclic) bond motifs is 1. The molecule has 0 atom stereocenters. The smallest absolute Gasteiger partial charge is 0.261 e. The molecule has 0 saturated carbocycles. The number of anilines is 1. The van der Waals surface area contributed by atoms with Crippen molar-refractivity contribution in [2.75, 3.05) is 25.9 Å². The molecule has 1 heterocycles. The minimum absolute atomic E-state index is 0.225. The van der Waals surface area contributed by atoms with E-state index in [1.54, 1.807) is 18.2 Å². The first-order valence-electron chi connectivity index (χ1n) is 6.37. The molecule has 0 fully saturated rings. The Kier molecular flexibility index (Phi) is 3.57. The van der Waals surface area contributed by atoms with Gasteiger partial charge in [0.05, 0.1) is 11.1 Å². The second-order valence-electron chi connectivity index (χ2n) is 5.14. The number of carbonyl (C=O) groups excluding carboxylic acids is 2. The summed E-state index contributed by atoms with van der Waals surface area (Å²) in [6.45, 7) is 5.21. The van der Waals surface area contributed by atoms with Crippen molar-refractivity contribution in [2.45, 2.75) is 19.9 Å². The Morgan fingerprint density at radius 2 is 1.84 bits per heavy atom. The monoisotopic (exact) mass is 261 g/mol. The summed E-state index contributed by atoms with van der Waals surface area (Å²) in [5, 5.41) is 0. The molecular weight excluding hydrogens is 242 g/mol. The van der Waals surface area contributed by atoms with Crippen LogP contribution < -0.4 is 5.73 Å². The zero-order valence-corrected chi connectivity index (χ0v) is 11.5. The van der Waals surface area contributed by atoms with Crippen LogP contribution in [0.1, 0.15) is 34.6 Å². The Labute approximate surface area is 113 Å². The Morgan fingerprint density at radius 3 is 2.47 bits per heavy atom. The molecule has 0 spiro atoms. The van der Waals surface area contributed by atoms with Crippen molar-refractivity contribution in [1.29, 1.82) is 0 Å². The SMILES string of the molecule is CC(C)N(C)CCN1C(=O)c2ccc(N)cc2C1=O. The zero-order valence-electron chi connectivity index (χ0n) is 11.5. The summed E-state index contributed by atoms with van der Waals surface area (Å²) in [5.74, 6) is -0.471. The van der Waals surface area contributed by atoms with Crippen LogP contribution in [0.3, 0.4) is 0 Å². The van der Waals surface area contributed by atoms with E-state index in [4.69, 9.17) is 5.73 Å². The van der Waals surface area contributed by atoms with E-state index in [0.717, 1.165) is 0 Å². The zero-order chi connectivity index (χ0) is 14.2. The number of imide groups is 1. The maximum atomic E-state index is 12.2. The highest BCUT2D eigenvalue weighted by Crippen LogP contribution is 2.24.